The summed E-state index contributed by atoms with van der Waals surface area (Å²) in [5.41, 5.74) is 4.78. The monoisotopic (exact) mass is 653 g/mol. The van der Waals surface area contributed by atoms with Crippen LogP contribution in [0.3, 0.4) is 0 Å². The van der Waals surface area contributed by atoms with Crippen molar-refractivity contribution < 1.29 is 23.7 Å². The van der Waals surface area contributed by atoms with Crippen LogP contribution in [0.5, 0.6) is 11.8 Å². The lowest BCUT2D eigenvalue weighted by Gasteiger charge is -2.40. The van der Waals surface area contributed by atoms with Gasteiger partial charge in [-0.05, 0) is 43.8 Å². The summed E-state index contributed by atoms with van der Waals surface area (Å²) in [5, 5.41) is 14.5. The van der Waals surface area contributed by atoms with Crippen LogP contribution in [-0.2, 0) is 0 Å². The van der Waals surface area contributed by atoms with Crippen LogP contribution in [0.4, 0.5) is 19.6 Å². The number of nitrogen functional groups attached to an aromatic ring is 1. The summed E-state index contributed by atoms with van der Waals surface area (Å²) in [7, 11) is 0. The number of nitrogens with one attached hydrogen (secondary N) is 1. The molecule has 7 heterocycles. The maximum absolute atomic E-state index is 17.3. The van der Waals surface area contributed by atoms with Crippen molar-refractivity contribution in [3.05, 3.63) is 34.6 Å². The van der Waals surface area contributed by atoms with Crippen molar-refractivity contribution in [2.75, 3.05) is 43.4 Å². The van der Waals surface area contributed by atoms with E-state index in [1.54, 1.807) is 18.2 Å². The molecule has 9 rings (SSSR count). The van der Waals surface area contributed by atoms with Gasteiger partial charge in [-0.1, -0.05) is 23.7 Å². The maximum Gasteiger partial charge on any atom is 0.319 e. The van der Waals surface area contributed by atoms with E-state index in [0.717, 1.165) is 12.8 Å². The van der Waals surface area contributed by atoms with Crippen LogP contribution in [-0.4, -0.2) is 77.5 Å². The van der Waals surface area contributed by atoms with Crippen molar-refractivity contribution in [1.29, 1.82) is 5.26 Å². The second-order valence-electron chi connectivity index (χ2n) is 12.4. The number of piperazine rings is 1. The summed E-state index contributed by atoms with van der Waals surface area (Å²) in [4.78, 5) is 12.4. The van der Waals surface area contributed by atoms with E-state index in [1.807, 2.05) is 4.90 Å². The van der Waals surface area contributed by atoms with Crippen molar-refractivity contribution in [1.82, 2.24) is 20.2 Å². The number of aromatic nitrogens is 2. The van der Waals surface area contributed by atoms with Crippen LogP contribution < -0.4 is 25.4 Å². The van der Waals surface area contributed by atoms with Crippen LogP contribution in [0.1, 0.15) is 43.2 Å². The SMILES string of the molecule is [2H]C1([2H])CC[C@@]2(C([2H])([2H])Oc3nc4c5c(c(Cl)c(-c6cccc7sc(N)c(C#N)c67)c(F)c5n3)OC[C@@H]3[C@@H]5CC[C@H](CN43)N5)C[C@@H](F)CN12. The molecule has 45 heavy (non-hydrogen) atoms. The summed E-state index contributed by atoms with van der Waals surface area (Å²) in [6.07, 6.45) is 0.101. The summed E-state index contributed by atoms with van der Waals surface area (Å²) in [6.45, 7) is -4.15. The normalized spacial score (nSPS) is 31.4. The van der Waals surface area contributed by atoms with Gasteiger partial charge in [-0.15, -0.1) is 11.3 Å². The molecule has 5 atom stereocenters. The molecule has 0 spiro atoms. The van der Waals surface area contributed by atoms with E-state index in [4.69, 9.17) is 37.3 Å². The van der Waals surface area contributed by atoms with Gasteiger partial charge in [0.05, 0.1) is 30.3 Å². The maximum atomic E-state index is 17.3. The lowest BCUT2D eigenvalue weighted by Crippen LogP contribution is -2.60. The molecule has 13 heteroatoms. The number of nitriles is 1. The third-order valence-electron chi connectivity index (χ3n) is 9.92. The molecule has 232 valence electrons. The summed E-state index contributed by atoms with van der Waals surface area (Å²) in [5.74, 6) is -0.409. The number of nitrogens with two attached hydrogens (primary N) is 1. The Hall–Kier alpha value is -3.50. The van der Waals surface area contributed by atoms with E-state index >= 15 is 4.39 Å². The zero-order valence-electron chi connectivity index (χ0n) is 27.9. The highest BCUT2D eigenvalue weighted by atomic mass is 35.5. The average molecular weight is 654 g/mol. The number of ether oxygens (including phenoxy) is 2. The Bertz CT molecular complexity index is 2140. The van der Waals surface area contributed by atoms with Crippen molar-refractivity contribution in [2.45, 2.75) is 61.9 Å². The molecule has 3 N–H and O–H groups in total. The van der Waals surface area contributed by atoms with Crippen molar-refractivity contribution in [3.63, 3.8) is 0 Å². The van der Waals surface area contributed by atoms with E-state index in [0.29, 0.717) is 22.2 Å². The Balaban J connectivity index is 1.27. The van der Waals surface area contributed by atoms with E-state index < -0.39 is 36.6 Å². The van der Waals surface area contributed by atoms with Gasteiger partial charge in [-0.2, -0.15) is 15.2 Å². The van der Waals surface area contributed by atoms with Gasteiger partial charge in [0, 0.05) is 50.0 Å². The number of thiophene rings is 1. The molecule has 0 aliphatic carbocycles. The number of alkyl halides is 1. The van der Waals surface area contributed by atoms with Crippen molar-refractivity contribution in [3.8, 4) is 29.0 Å². The predicted molar refractivity (Wildman–Crippen MR) is 170 cm³/mol. The van der Waals surface area contributed by atoms with Gasteiger partial charge in [0.1, 0.15) is 41.7 Å². The van der Waals surface area contributed by atoms with E-state index in [1.165, 1.54) is 16.2 Å². The standard InChI is InChI=1S/C32H30ClF2N7O2S/c33-25-23(17-3-1-4-21-22(17)18(10-36)29(37)45-21)26(35)27-24-28(25)43-13-20-19-6-5-16(38-19)12-42(20)30(24)40-31(39-27)44-14-32-7-2-8-41(32)11-15(34)9-32/h1,3-4,15-16,19-20,38H,2,5-9,11-14,37H2/t15-,16-,19+,20-,32+/m1/s1/i8D2,14D2. The predicted octanol–water partition coefficient (Wildman–Crippen LogP) is 5.41. The fraction of sp³-hybridized carbons (Fsp3) is 0.469. The summed E-state index contributed by atoms with van der Waals surface area (Å²) in [6, 6.07) is 6.77. The molecule has 4 aromatic rings. The van der Waals surface area contributed by atoms with Crippen LogP contribution in [0.25, 0.3) is 32.1 Å². The molecule has 9 nitrogen and oxygen atoms in total. The first-order chi connectivity index (χ1) is 23.3. The van der Waals surface area contributed by atoms with Gasteiger partial charge in [0.15, 0.2) is 11.6 Å². The Labute approximate surface area is 272 Å². The van der Waals surface area contributed by atoms with Crippen LogP contribution in [0, 0.1) is 17.1 Å². The van der Waals surface area contributed by atoms with Gasteiger partial charge >= 0.3 is 6.01 Å². The van der Waals surface area contributed by atoms with Gasteiger partial charge in [-0.25, -0.2) is 8.78 Å². The lowest BCUT2D eigenvalue weighted by atomic mass is 9.95. The van der Waals surface area contributed by atoms with Crippen LogP contribution >= 0.6 is 22.9 Å². The molecular weight excluding hydrogens is 620 g/mol. The number of anilines is 2. The molecule has 0 saturated carbocycles. The number of benzene rings is 2. The number of hydrogen-bond donors (Lipinski definition) is 2. The van der Waals surface area contributed by atoms with E-state index in [2.05, 4.69) is 16.4 Å². The number of rotatable bonds is 4. The van der Waals surface area contributed by atoms with Gasteiger partial charge < -0.3 is 25.4 Å². The summed E-state index contributed by atoms with van der Waals surface area (Å²) >= 11 is 8.29. The highest BCUT2D eigenvalue weighted by Crippen LogP contribution is 2.51. The lowest BCUT2D eigenvalue weighted by molar-refractivity contribution is 0.107. The third-order valence-corrected chi connectivity index (χ3v) is 11.3. The molecule has 2 aromatic carbocycles. The van der Waals surface area contributed by atoms with Crippen LogP contribution in [0.15, 0.2) is 18.2 Å². The largest absolute Gasteiger partial charge is 0.489 e. The number of fused-ring (bicyclic) bond motifs is 7. The van der Waals surface area contributed by atoms with E-state index in [-0.39, 0.29) is 94.2 Å². The third kappa shape index (κ3) is 4.00. The molecule has 0 radical (unpaired) electrons. The Morgan fingerprint density at radius 2 is 2.22 bits per heavy atom. The second kappa shape index (κ2) is 10.00. The highest BCUT2D eigenvalue weighted by molar-refractivity contribution is 7.23. The Kier molecular flexibility index (Phi) is 5.28. The molecule has 2 aromatic heterocycles. The quantitative estimate of drug-likeness (QED) is 0.298. The van der Waals surface area contributed by atoms with Crippen LogP contribution in [0.2, 0.25) is 5.02 Å². The molecule has 5 aliphatic rings. The minimum atomic E-state index is -2.66. The molecule has 4 saturated heterocycles. The first-order valence-electron chi connectivity index (χ1n) is 17.0. The minimum Gasteiger partial charge on any atom is -0.489 e. The number of nitrogens with zero attached hydrogens (tertiary/aromatic N) is 5. The fourth-order valence-corrected chi connectivity index (χ4v) is 9.19. The molecule has 4 fully saturated rings. The summed E-state index contributed by atoms with van der Waals surface area (Å²) < 4.78 is 80.4. The van der Waals surface area contributed by atoms with E-state index in [9.17, 15) is 9.65 Å². The fourth-order valence-electron chi connectivity index (χ4n) is 7.91. The topological polar surface area (TPSA) is 113 Å². The van der Waals surface area contributed by atoms with Gasteiger partial charge in [0.25, 0.3) is 0 Å². The first kappa shape index (κ1) is 23.8. The molecule has 0 unspecified atom stereocenters. The highest BCUT2D eigenvalue weighted by Gasteiger charge is 2.50. The zero-order valence-corrected chi connectivity index (χ0v) is 25.4. The molecule has 0 amide bonds. The minimum absolute atomic E-state index is 0.00182. The molecular formula is C32H30ClF2N7O2S. The number of hydrogen-bond acceptors (Lipinski definition) is 10. The number of halogens is 3. The molecule has 5 aliphatic heterocycles. The average Bonchev–Trinajstić information content (AvgIpc) is 3.75. The van der Waals surface area contributed by atoms with Gasteiger partial charge in [0.2, 0.25) is 0 Å². The first-order valence-corrected chi connectivity index (χ1v) is 16.2. The van der Waals surface area contributed by atoms with Gasteiger partial charge in [-0.3, -0.25) is 4.90 Å². The smallest absolute Gasteiger partial charge is 0.319 e. The molecule has 2 bridgehead atoms. The zero-order chi connectivity index (χ0) is 34.2. The van der Waals surface area contributed by atoms with Crippen molar-refractivity contribution >= 4 is 54.7 Å². The second-order valence-corrected chi connectivity index (χ2v) is 13.9. The van der Waals surface area contributed by atoms with Crippen molar-refractivity contribution in [2.24, 2.45) is 0 Å². The Morgan fingerprint density at radius 1 is 1.33 bits per heavy atom. The Morgan fingerprint density at radius 3 is 3.09 bits per heavy atom.